The minimum atomic E-state index is -2.02. The average Bonchev–Trinajstić information content (AvgIpc) is 2.63. The van der Waals surface area contributed by atoms with Crippen LogP contribution in [-0.2, 0) is 0 Å². The van der Waals surface area contributed by atoms with Crippen molar-refractivity contribution in [3.05, 3.63) is 46.8 Å². The number of aliphatic hydroxyl groups is 1. The van der Waals surface area contributed by atoms with Crippen molar-refractivity contribution in [2.24, 2.45) is 10.7 Å². The van der Waals surface area contributed by atoms with Gasteiger partial charge >= 0.3 is 0 Å². The molecule has 24 heavy (non-hydrogen) atoms. The van der Waals surface area contributed by atoms with Crippen LogP contribution in [0.2, 0.25) is 0 Å². The van der Waals surface area contributed by atoms with Crippen molar-refractivity contribution in [1.82, 2.24) is 5.32 Å². The first-order valence-electron chi connectivity index (χ1n) is 7.17. The van der Waals surface area contributed by atoms with E-state index in [-0.39, 0.29) is 17.0 Å². The third kappa shape index (κ3) is 3.44. The second kappa shape index (κ2) is 6.55. The van der Waals surface area contributed by atoms with E-state index in [4.69, 9.17) is 16.3 Å². The van der Waals surface area contributed by atoms with Gasteiger partial charge in [0.15, 0.2) is 11.4 Å². The molecule has 1 aromatic carbocycles. The number of aliphatic imine (C=N–C) groups is 1. The molecule has 0 spiro atoms. The number of nitrogens with zero attached hydrogens (tertiary/aromatic N) is 4. The Bertz CT molecular complexity index is 816. The highest BCUT2D eigenvalue weighted by molar-refractivity contribution is 6.04. The molecule has 122 valence electrons. The minimum Gasteiger partial charge on any atom is -0.378 e. The Morgan fingerprint density at radius 2 is 1.88 bits per heavy atom. The number of hydrogen-bond donors (Lipinski definition) is 3. The zero-order valence-electron chi connectivity index (χ0n) is 13.7. The van der Waals surface area contributed by atoms with Crippen molar-refractivity contribution in [2.75, 3.05) is 19.0 Å². The van der Waals surface area contributed by atoms with Gasteiger partial charge in [0.25, 0.3) is 0 Å². The summed E-state index contributed by atoms with van der Waals surface area (Å²) in [7, 11) is 3.88. The zero-order valence-corrected chi connectivity index (χ0v) is 13.7. The molecule has 4 N–H and O–H groups in total. The van der Waals surface area contributed by atoms with Gasteiger partial charge < -0.3 is 15.3 Å². The van der Waals surface area contributed by atoms with Gasteiger partial charge in [-0.05, 0) is 30.7 Å². The van der Waals surface area contributed by atoms with E-state index in [1.165, 1.54) is 0 Å². The van der Waals surface area contributed by atoms with Crippen molar-refractivity contribution < 1.29 is 5.11 Å². The molecule has 1 heterocycles. The first-order chi connectivity index (χ1) is 11.3. The highest BCUT2D eigenvalue weighted by Crippen LogP contribution is 2.23. The lowest BCUT2D eigenvalue weighted by atomic mass is 10.0. The van der Waals surface area contributed by atoms with Gasteiger partial charge in [0.05, 0.1) is 0 Å². The maximum atomic E-state index is 10.5. The van der Waals surface area contributed by atoms with Gasteiger partial charge in [-0.3, -0.25) is 5.73 Å². The van der Waals surface area contributed by atoms with Gasteiger partial charge in [-0.2, -0.15) is 10.5 Å². The molecular formula is C17H18N6O. The fraction of sp³-hybridized carbons (Fsp3) is 0.235. The summed E-state index contributed by atoms with van der Waals surface area (Å²) in [5.41, 5.74) is 8.08. The van der Waals surface area contributed by atoms with E-state index in [1.54, 1.807) is 19.1 Å². The summed E-state index contributed by atoms with van der Waals surface area (Å²) in [5, 5.41) is 31.2. The molecule has 0 radical (unpaired) electrons. The first kappa shape index (κ1) is 17.2. The molecule has 0 saturated carbocycles. The number of nitrogens with two attached hydrogens (primary N) is 1. The number of hydrogen-bond acceptors (Lipinski definition) is 7. The molecule has 0 amide bonds. The number of anilines is 1. The van der Waals surface area contributed by atoms with Crippen molar-refractivity contribution in [3.63, 3.8) is 0 Å². The van der Waals surface area contributed by atoms with Crippen LogP contribution in [0, 0.1) is 22.7 Å². The van der Waals surface area contributed by atoms with Gasteiger partial charge in [-0.1, -0.05) is 12.1 Å². The lowest BCUT2D eigenvalue weighted by Crippen LogP contribution is -2.55. The molecule has 7 nitrogen and oxygen atoms in total. The maximum absolute atomic E-state index is 10.5. The summed E-state index contributed by atoms with van der Waals surface area (Å²) in [5.74, 6) is -2.02. The fourth-order valence-corrected chi connectivity index (χ4v) is 2.29. The SMILES string of the molecule is CC1=NC(C#N)=C(C#N)NC(N)(O)C1=Cc1ccc(N(C)C)cc1. The van der Waals surface area contributed by atoms with E-state index >= 15 is 0 Å². The molecule has 0 saturated heterocycles. The normalized spacial score (nSPS) is 22.1. The molecule has 1 aromatic rings. The summed E-state index contributed by atoms with van der Waals surface area (Å²) in [6.07, 6.45) is 1.67. The van der Waals surface area contributed by atoms with Crippen molar-refractivity contribution >= 4 is 17.5 Å². The molecule has 1 atom stereocenters. The Labute approximate surface area is 140 Å². The summed E-state index contributed by atoms with van der Waals surface area (Å²) in [6.45, 7) is 1.62. The monoisotopic (exact) mass is 322 g/mol. The van der Waals surface area contributed by atoms with Crippen LogP contribution < -0.4 is 16.0 Å². The molecule has 0 fully saturated rings. The quantitative estimate of drug-likeness (QED) is 0.700. The lowest BCUT2D eigenvalue weighted by Gasteiger charge is -2.26. The molecule has 0 aromatic heterocycles. The van der Waals surface area contributed by atoms with Crippen LogP contribution in [0.3, 0.4) is 0 Å². The number of rotatable bonds is 2. The summed E-state index contributed by atoms with van der Waals surface area (Å²) < 4.78 is 0. The molecule has 0 bridgehead atoms. The molecule has 1 aliphatic heterocycles. The van der Waals surface area contributed by atoms with Gasteiger partial charge in [-0.25, -0.2) is 4.99 Å². The minimum absolute atomic E-state index is 0.120. The molecule has 2 rings (SSSR count). The van der Waals surface area contributed by atoms with Crippen LogP contribution in [-0.4, -0.2) is 30.8 Å². The van der Waals surface area contributed by atoms with Gasteiger partial charge in [0.1, 0.15) is 12.1 Å². The Morgan fingerprint density at radius 1 is 1.25 bits per heavy atom. The number of nitriles is 2. The van der Waals surface area contributed by atoms with E-state index in [0.717, 1.165) is 11.3 Å². The van der Waals surface area contributed by atoms with Crippen LogP contribution >= 0.6 is 0 Å². The van der Waals surface area contributed by atoms with Crippen LogP contribution in [0.4, 0.5) is 5.69 Å². The molecular weight excluding hydrogens is 304 g/mol. The average molecular weight is 322 g/mol. The third-order valence-corrected chi connectivity index (χ3v) is 3.57. The summed E-state index contributed by atoms with van der Waals surface area (Å²) in [6, 6.07) is 11.2. The van der Waals surface area contributed by atoms with Gasteiger partial charge in [-0.15, -0.1) is 0 Å². The Morgan fingerprint density at radius 3 is 2.38 bits per heavy atom. The largest absolute Gasteiger partial charge is 0.378 e. The van der Waals surface area contributed by atoms with Crippen LogP contribution in [0.25, 0.3) is 6.08 Å². The molecule has 0 aliphatic carbocycles. The standard InChI is InChI=1S/C17H18N6O/c1-11-14(8-12-4-6-13(7-5-12)23(2)3)17(20,24)22-16(10-19)15(9-18)21-11/h4-8,22,24H,20H2,1-3H3. The highest BCUT2D eigenvalue weighted by atomic mass is 16.3. The fourth-order valence-electron chi connectivity index (χ4n) is 2.29. The number of benzene rings is 1. The van der Waals surface area contributed by atoms with E-state index in [2.05, 4.69) is 10.3 Å². The van der Waals surface area contributed by atoms with Crippen molar-refractivity contribution in [3.8, 4) is 12.1 Å². The molecule has 1 aliphatic rings. The van der Waals surface area contributed by atoms with Crippen LogP contribution in [0.1, 0.15) is 12.5 Å². The first-order valence-corrected chi connectivity index (χ1v) is 7.17. The van der Waals surface area contributed by atoms with E-state index < -0.39 is 5.85 Å². The van der Waals surface area contributed by atoms with Crippen molar-refractivity contribution in [2.45, 2.75) is 12.8 Å². The van der Waals surface area contributed by atoms with Crippen LogP contribution in [0.5, 0.6) is 0 Å². The summed E-state index contributed by atoms with van der Waals surface area (Å²) >= 11 is 0. The zero-order chi connectivity index (χ0) is 17.9. The second-order valence-electron chi connectivity index (χ2n) is 5.58. The highest BCUT2D eigenvalue weighted by Gasteiger charge is 2.33. The van der Waals surface area contributed by atoms with Gasteiger partial charge in [0.2, 0.25) is 5.85 Å². The molecule has 1 unspecified atom stereocenters. The van der Waals surface area contributed by atoms with E-state index in [0.29, 0.717) is 5.71 Å². The number of allylic oxidation sites excluding steroid dienone is 2. The Hall–Kier alpha value is -3.13. The van der Waals surface area contributed by atoms with Crippen molar-refractivity contribution in [1.29, 1.82) is 10.5 Å². The predicted molar refractivity (Wildman–Crippen MR) is 92.4 cm³/mol. The summed E-state index contributed by atoms with van der Waals surface area (Å²) in [4.78, 5) is 6.07. The Balaban J connectivity index is 2.50. The van der Waals surface area contributed by atoms with Crippen LogP contribution in [0.15, 0.2) is 46.2 Å². The third-order valence-electron chi connectivity index (χ3n) is 3.57. The smallest absolute Gasteiger partial charge is 0.220 e. The topological polar surface area (TPSA) is 121 Å². The second-order valence-corrected chi connectivity index (χ2v) is 5.58. The maximum Gasteiger partial charge on any atom is 0.220 e. The lowest BCUT2D eigenvalue weighted by molar-refractivity contribution is 0.0684. The van der Waals surface area contributed by atoms with E-state index in [9.17, 15) is 5.11 Å². The van der Waals surface area contributed by atoms with Gasteiger partial charge in [0, 0.05) is 31.1 Å². The Kier molecular flexibility index (Phi) is 4.70. The van der Waals surface area contributed by atoms with E-state index in [1.807, 2.05) is 49.3 Å². The number of nitrogens with one attached hydrogen (secondary N) is 1. The predicted octanol–water partition coefficient (Wildman–Crippen LogP) is 1.06. The molecule has 7 heteroatoms.